The first kappa shape index (κ1) is 17.6. The molecule has 1 heterocycles. The smallest absolute Gasteiger partial charge is 0.345 e. The summed E-state index contributed by atoms with van der Waals surface area (Å²) in [7, 11) is -2.61. The predicted octanol–water partition coefficient (Wildman–Crippen LogP) is 0.900. The lowest BCUT2D eigenvalue weighted by molar-refractivity contribution is -0.121. The van der Waals surface area contributed by atoms with Gasteiger partial charge in [-0.05, 0) is 26.8 Å². The number of carboxylic acid groups (broad SMARTS) is 1. The molecule has 0 aromatic carbocycles. The van der Waals surface area contributed by atoms with Crippen LogP contribution in [-0.4, -0.2) is 49.3 Å². The average Bonchev–Trinajstić information content (AvgIpc) is 2.70. The lowest BCUT2D eigenvalue weighted by atomic mass is 10.4. The van der Waals surface area contributed by atoms with Gasteiger partial charge in [-0.15, -0.1) is 11.3 Å². The minimum Gasteiger partial charge on any atom is -0.477 e. The molecule has 9 heteroatoms. The number of likely N-dealkylation sites (N-methyl/N-ethyl adjacent to an activating group) is 1. The Hall–Kier alpha value is -1.45. The molecule has 1 aromatic heterocycles. The highest BCUT2D eigenvalue weighted by atomic mass is 32.2. The molecule has 1 rings (SSSR count). The molecule has 2 N–H and O–H groups in total. The van der Waals surface area contributed by atoms with E-state index >= 15 is 0 Å². The molecule has 0 aliphatic rings. The number of carbonyl (C=O) groups excluding carboxylic acids is 1. The number of rotatable bonds is 6. The summed E-state index contributed by atoms with van der Waals surface area (Å²) in [5, 5.41) is 11.5. The van der Waals surface area contributed by atoms with E-state index in [0.717, 1.165) is 21.7 Å². The van der Waals surface area contributed by atoms with Gasteiger partial charge < -0.3 is 10.4 Å². The monoisotopic (exact) mass is 334 g/mol. The van der Waals surface area contributed by atoms with Crippen molar-refractivity contribution in [3.63, 3.8) is 0 Å². The van der Waals surface area contributed by atoms with Crippen molar-refractivity contribution in [1.29, 1.82) is 0 Å². The summed E-state index contributed by atoms with van der Waals surface area (Å²) in [5.74, 6) is -1.59. The van der Waals surface area contributed by atoms with Gasteiger partial charge in [-0.1, -0.05) is 0 Å². The van der Waals surface area contributed by atoms with Gasteiger partial charge in [0.1, 0.15) is 4.88 Å². The number of thiophene rings is 1. The number of carboxylic acids is 1. The van der Waals surface area contributed by atoms with Gasteiger partial charge >= 0.3 is 5.97 Å². The Labute approximate surface area is 127 Å². The first-order valence-corrected chi connectivity index (χ1v) is 8.40. The summed E-state index contributed by atoms with van der Waals surface area (Å²) >= 11 is 0.890. The first-order valence-electron chi connectivity index (χ1n) is 6.15. The van der Waals surface area contributed by atoms with Gasteiger partial charge in [0.25, 0.3) is 0 Å². The van der Waals surface area contributed by atoms with E-state index in [2.05, 4.69) is 5.32 Å². The van der Waals surface area contributed by atoms with Crippen molar-refractivity contribution in [2.24, 2.45) is 0 Å². The number of nitrogens with zero attached hydrogens (tertiary/aromatic N) is 1. The zero-order chi connectivity index (χ0) is 16.4. The highest BCUT2D eigenvalue weighted by molar-refractivity contribution is 7.89. The highest BCUT2D eigenvalue weighted by Gasteiger charge is 2.27. The second-order valence-electron chi connectivity index (χ2n) is 4.82. The van der Waals surface area contributed by atoms with E-state index in [1.807, 2.05) is 0 Å². The van der Waals surface area contributed by atoms with E-state index in [1.165, 1.54) is 14.0 Å². The fraction of sp³-hybridized carbons (Fsp3) is 0.500. The molecule has 0 fully saturated rings. The Morgan fingerprint density at radius 1 is 1.43 bits per heavy atom. The molecule has 1 amide bonds. The number of aromatic carboxylic acids is 1. The molecule has 0 radical (unpaired) electrons. The van der Waals surface area contributed by atoms with Crippen molar-refractivity contribution in [2.75, 3.05) is 13.6 Å². The van der Waals surface area contributed by atoms with E-state index in [0.29, 0.717) is 4.88 Å². The topological polar surface area (TPSA) is 104 Å². The van der Waals surface area contributed by atoms with Crippen LogP contribution in [-0.2, 0) is 14.8 Å². The van der Waals surface area contributed by atoms with Gasteiger partial charge in [0, 0.05) is 18.0 Å². The van der Waals surface area contributed by atoms with E-state index in [9.17, 15) is 18.0 Å². The Balaban J connectivity index is 3.00. The van der Waals surface area contributed by atoms with Gasteiger partial charge in [0.2, 0.25) is 15.9 Å². The minimum absolute atomic E-state index is 0.0499. The Kier molecular flexibility index (Phi) is 5.48. The predicted molar refractivity (Wildman–Crippen MR) is 79.1 cm³/mol. The molecular weight excluding hydrogens is 316 g/mol. The van der Waals surface area contributed by atoms with Crippen LogP contribution in [0.5, 0.6) is 0 Å². The van der Waals surface area contributed by atoms with Crippen LogP contribution >= 0.6 is 11.3 Å². The zero-order valence-electron chi connectivity index (χ0n) is 12.2. The van der Waals surface area contributed by atoms with Crippen LogP contribution in [0.25, 0.3) is 0 Å². The third-order valence-corrected chi connectivity index (χ3v) is 5.68. The summed E-state index contributed by atoms with van der Waals surface area (Å²) in [6.45, 7) is 4.76. The molecular formula is C12H18N2O5S2. The SMILES string of the molecule is Cc1sc(C(=O)O)cc1S(=O)(=O)N(C)CC(=O)NC(C)C. The number of carbonyl (C=O) groups is 2. The van der Waals surface area contributed by atoms with Crippen LogP contribution in [0, 0.1) is 6.92 Å². The maximum atomic E-state index is 12.4. The summed E-state index contributed by atoms with van der Waals surface area (Å²) in [6, 6.07) is 1.03. The zero-order valence-corrected chi connectivity index (χ0v) is 13.8. The van der Waals surface area contributed by atoms with E-state index < -0.39 is 21.9 Å². The molecule has 0 spiro atoms. The molecule has 21 heavy (non-hydrogen) atoms. The molecule has 0 saturated carbocycles. The molecule has 7 nitrogen and oxygen atoms in total. The largest absolute Gasteiger partial charge is 0.477 e. The number of amides is 1. The van der Waals surface area contributed by atoms with Crippen molar-refractivity contribution < 1.29 is 23.1 Å². The van der Waals surface area contributed by atoms with E-state index in [4.69, 9.17) is 5.11 Å². The second-order valence-corrected chi connectivity index (χ2v) is 8.09. The maximum absolute atomic E-state index is 12.4. The lowest BCUT2D eigenvalue weighted by Crippen LogP contribution is -2.40. The molecule has 0 unspecified atom stereocenters. The van der Waals surface area contributed by atoms with Crippen LogP contribution in [0.4, 0.5) is 0 Å². The number of aryl methyl sites for hydroxylation is 1. The second kappa shape index (κ2) is 6.54. The minimum atomic E-state index is -3.89. The average molecular weight is 334 g/mol. The summed E-state index contributed by atoms with van der Waals surface area (Å²) < 4.78 is 25.6. The van der Waals surface area contributed by atoms with Crippen LogP contribution in [0.1, 0.15) is 28.4 Å². The third-order valence-electron chi connectivity index (χ3n) is 2.59. The highest BCUT2D eigenvalue weighted by Crippen LogP contribution is 2.27. The molecule has 0 aliphatic heterocycles. The molecule has 0 atom stereocenters. The van der Waals surface area contributed by atoms with Crippen molar-refractivity contribution in [3.05, 3.63) is 15.8 Å². The Bertz CT molecular complexity index is 649. The van der Waals surface area contributed by atoms with Gasteiger partial charge in [0.15, 0.2) is 0 Å². The first-order chi connectivity index (χ1) is 9.55. The number of nitrogens with one attached hydrogen (secondary N) is 1. The standard InChI is InChI=1S/C12H18N2O5S2/c1-7(2)13-11(15)6-14(4)21(18,19)10-5-9(12(16)17)20-8(10)3/h5,7H,6H2,1-4H3,(H,13,15)(H,16,17). The molecule has 0 bridgehead atoms. The van der Waals surface area contributed by atoms with Crippen LogP contribution < -0.4 is 5.32 Å². The number of hydrogen-bond acceptors (Lipinski definition) is 5. The Morgan fingerprint density at radius 2 is 2.00 bits per heavy atom. The Morgan fingerprint density at radius 3 is 2.43 bits per heavy atom. The summed E-state index contributed by atoms with van der Waals surface area (Å²) in [4.78, 5) is 22.8. The third kappa shape index (κ3) is 4.26. The number of sulfonamides is 1. The maximum Gasteiger partial charge on any atom is 0.345 e. The normalized spacial score (nSPS) is 11.9. The fourth-order valence-electron chi connectivity index (χ4n) is 1.65. The molecule has 0 saturated heterocycles. The van der Waals surface area contributed by atoms with E-state index in [1.54, 1.807) is 13.8 Å². The van der Waals surface area contributed by atoms with Crippen molar-refractivity contribution in [2.45, 2.75) is 31.7 Å². The van der Waals surface area contributed by atoms with Crippen molar-refractivity contribution in [3.8, 4) is 0 Å². The van der Waals surface area contributed by atoms with Crippen LogP contribution in [0.15, 0.2) is 11.0 Å². The number of hydrogen-bond donors (Lipinski definition) is 2. The van der Waals surface area contributed by atoms with Gasteiger partial charge in [-0.3, -0.25) is 4.79 Å². The summed E-state index contributed by atoms with van der Waals surface area (Å²) in [5.41, 5.74) is 0. The van der Waals surface area contributed by atoms with Crippen molar-refractivity contribution >= 4 is 33.2 Å². The van der Waals surface area contributed by atoms with Crippen LogP contribution in [0.3, 0.4) is 0 Å². The molecule has 118 valence electrons. The van der Waals surface area contributed by atoms with Crippen LogP contribution in [0.2, 0.25) is 0 Å². The van der Waals surface area contributed by atoms with Crippen molar-refractivity contribution in [1.82, 2.24) is 9.62 Å². The van der Waals surface area contributed by atoms with Gasteiger partial charge in [-0.2, -0.15) is 4.31 Å². The molecule has 1 aromatic rings. The lowest BCUT2D eigenvalue weighted by Gasteiger charge is -2.17. The van der Waals surface area contributed by atoms with Gasteiger partial charge in [-0.25, -0.2) is 13.2 Å². The quantitative estimate of drug-likeness (QED) is 0.804. The fourth-order valence-corrected chi connectivity index (χ4v) is 4.17. The molecule has 0 aliphatic carbocycles. The summed E-state index contributed by atoms with van der Waals surface area (Å²) in [6.07, 6.45) is 0. The van der Waals surface area contributed by atoms with E-state index in [-0.39, 0.29) is 22.4 Å². The van der Waals surface area contributed by atoms with Gasteiger partial charge in [0.05, 0.1) is 11.4 Å².